The van der Waals surface area contributed by atoms with Crippen LogP contribution in [0.1, 0.15) is 5.69 Å². The lowest BCUT2D eigenvalue weighted by molar-refractivity contribution is 0.610. The average Bonchev–Trinajstić information content (AvgIpc) is 1.95. The van der Waals surface area contributed by atoms with Crippen molar-refractivity contribution in [3.8, 4) is 0 Å². The highest BCUT2D eigenvalue weighted by Crippen LogP contribution is 2.08. The predicted octanol–water partition coefficient (Wildman–Crippen LogP) is 1.57. The number of nitrogens with one attached hydrogen (secondary N) is 1. The van der Waals surface area contributed by atoms with Crippen LogP contribution in [-0.4, -0.2) is 12.0 Å². The van der Waals surface area contributed by atoms with Gasteiger partial charge in [0.05, 0.1) is 17.6 Å². The topological polar surface area (TPSA) is 24.9 Å². The molecule has 2 nitrogen and oxygen atoms in total. The molecule has 0 bridgehead atoms. The standard InChI is InChI=1S/C7H9FN2/c1-5-7(8)3-6(9-2)4-10-5/h3-4,9H,1-2H3. The van der Waals surface area contributed by atoms with Gasteiger partial charge in [-0.3, -0.25) is 4.98 Å². The second kappa shape index (κ2) is 2.64. The Balaban J connectivity index is 3.04. The van der Waals surface area contributed by atoms with Gasteiger partial charge < -0.3 is 5.32 Å². The van der Waals surface area contributed by atoms with Crippen molar-refractivity contribution in [3.05, 3.63) is 23.8 Å². The maximum absolute atomic E-state index is 12.7. The van der Waals surface area contributed by atoms with E-state index in [0.29, 0.717) is 11.4 Å². The molecule has 0 unspecified atom stereocenters. The minimum Gasteiger partial charge on any atom is -0.387 e. The first kappa shape index (κ1) is 6.99. The highest BCUT2D eigenvalue weighted by atomic mass is 19.1. The fraction of sp³-hybridized carbons (Fsp3) is 0.286. The van der Waals surface area contributed by atoms with Crippen molar-refractivity contribution in [2.75, 3.05) is 12.4 Å². The first-order chi connectivity index (χ1) is 4.74. The van der Waals surface area contributed by atoms with E-state index in [-0.39, 0.29) is 5.82 Å². The number of hydrogen-bond acceptors (Lipinski definition) is 2. The summed E-state index contributed by atoms with van der Waals surface area (Å²) >= 11 is 0. The molecule has 1 N–H and O–H groups in total. The van der Waals surface area contributed by atoms with Gasteiger partial charge in [-0.2, -0.15) is 0 Å². The zero-order chi connectivity index (χ0) is 7.56. The molecule has 0 saturated heterocycles. The number of hydrogen-bond donors (Lipinski definition) is 1. The summed E-state index contributed by atoms with van der Waals surface area (Å²) in [5, 5.41) is 2.79. The zero-order valence-electron chi connectivity index (χ0n) is 5.98. The van der Waals surface area contributed by atoms with E-state index in [0.717, 1.165) is 0 Å². The van der Waals surface area contributed by atoms with Crippen LogP contribution in [0.5, 0.6) is 0 Å². The van der Waals surface area contributed by atoms with Crippen LogP contribution in [0.25, 0.3) is 0 Å². The maximum atomic E-state index is 12.7. The number of nitrogens with zero attached hydrogens (tertiary/aromatic N) is 1. The van der Waals surface area contributed by atoms with E-state index < -0.39 is 0 Å². The molecule has 0 amide bonds. The molecule has 0 aliphatic rings. The molecule has 0 aromatic carbocycles. The molecule has 0 radical (unpaired) electrons. The molecule has 1 rings (SSSR count). The summed E-state index contributed by atoms with van der Waals surface area (Å²) in [6.07, 6.45) is 1.60. The Bertz CT molecular complexity index is 235. The Morgan fingerprint density at radius 3 is 2.80 bits per heavy atom. The summed E-state index contributed by atoms with van der Waals surface area (Å²) in [5.74, 6) is -0.271. The van der Waals surface area contributed by atoms with E-state index in [1.165, 1.54) is 6.07 Å². The van der Waals surface area contributed by atoms with Gasteiger partial charge in [0.2, 0.25) is 0 Å². The molecule has 10 heavy (non-hydrogen) atoms. The summed E-state index contributed by atoms with van der Waals surface area (Å²) in [6, 6.07) is 1.42. The maximum Gasteiger partial charge on any atom is 0.146 e. The summed E-state index contributed by atoms with van der Waals surface area (Å²) < 4.78 is 12.7. The van der Waals surface area contributed by atoms with Gasteiger partial charge in [-0.1, -0.05) is 0 Å². The van der Waals surface area contributed by atoms with Crippen LogP contribution < -0.4 is 5.32 Å². The molecule has 1 aromatic rings. The monoisotopic (exact) mass is 140 g/mol. The highest BCUT2D eigenvalue weighted by molar-refractivity contribution is 5.40. The molecule has 0 atom stereocenters. The van der Waals surface area contributed by atoms with E-state index in [4.69, 9.17) is 0 Å². The van der Waals surface area contributed by atoms with E-state index in [1.807, 2.05) is 0 Å². The van der Waals surface area contributed by atoms with Crippen LogP contribution in [0.3, 0.4) is 0 Å². The summed E-state index contributed by atoms with van der Waals surface area (Å²) in [4.78, 5) is 3.81. The number of aromatic nitrogens is 1. The SMILES string of the molecule is CNc1cnc(C)c(F)c1. The van der Waals surface area contributed by atoms with Crippen LogP contribution in [0.2, 0.25) is 0 Å². The molecule has 0 aliphatic carbocycles. The molecule has 0 aliphatic heterocycles. The minimum atomic E-state index is -0.271. The second-order valence-corrected chi connectivity index (χ2v) is 2.04. The molecule has 3 heteroatoms. The summed E-state index contributed by atoms with van der Waals surface area (Å²) in [5.41, 5.74) is 1.13. The van der Waals surface area contributed by atoms with E-state index in [9.17, 15) is 4.39 Å². The van der Waals surface area contributed by atoms with Crippen LogP contribution in [0, 0.1) is 12.7 Å². The molecule has 1 heterocycles. The van der Waals surface area contributed by atoms with E-state index in [2.05, 4.69) is 10.3 Å². The Morgan fingerprint density at radius 2 is 2.30 bits per heavy atom. The minimum absolute atomic E-state index is 0.271. The zero-order valence-corrected chi connectivity index (χ0v) is 5.98. The van der Waals surface area contributed by atoms with Crippen molar-refractivity contribution >= 4 is 5.69 Å². The largest absolute Gasteiger partial charge is 0.387 e. The lowest BCUT2D eigenvalue weighted by Crippen LogP contribution is -1.93. The smallest absolute Gasteiger partial charge is 0.146 e. The molecule has 0 spiro atoms. The van der Waals surface area contributed by atoms with E-state index in [1.54, 1.807) is 20.2 Å². The third kappa shape index (κ3) is 1.23. The molecule has 1 aromatic heterocycles. The fourth-order valence-electron chi connectivity index (χ4n) is 0.643. The first-order valence-corrected chi connectivity index (χ1v) is 3.04. The van der Waals surface area contributed by atoms with Crippen LogP contribution in [-0.2, 0) is 0 Å². The number of rotatable bonds is 1. The quantitative estimate of drug-likeness (QED) is 0.640. The van der Waals surface area contributed by atoms with E-state index >= 15 is 0 Å². The summed E-state index contributed by atoms with van der Waals surface area (Å²) in [6.45, 7) is 1.63. The Kier molecular flexibility index (Phi) is 1.85. The van der Waals surface area contributed by atoms with Crippen molar-refractivity contribution in [1.82, 2.24) is 4.98 Å². The average molecular weight is 140 g/mol. The second-order valence-electron chi connectivity index (χ2n) is 2.04. The highest BCUT2D eigenvalue weighted by Gasteiger charge is 1.97. The van der Waals surface area contributed by atoms with Gasteiger partial charge >= 0.3 is 0 Å². The van der Waals surface area contributed by atoms with Crippen LogP contribution >= 0.6 is 0 Å². The third-order valence-electron chi connectivity index (χ3n) is 1.31. The van der Waals surface area contributed by atoms with Crippen LogP contribution in [0.4, 0.5) is 10.1 Å². The molecular formula is C7H9FN2. The van der Waals surface area contributed by atoms with Gasteiger partial charge in [0.25, 0.3) is 0 Å². The van der Waals surface area contributed by atoms with Crippen molar-refractivity contribution in [2.45, 2.75) is 6.92 Å². The fourth-order valence-corrected chi connectivity index (χ4v) is 0.643. The van der Waals surface area contributed by atoms with Gasteiger partial charge in [0.15, 0.2) is 0 Å². The van der Waals surface area contributed by atoms with Crippen molar-refractivity contribution in [1.29, 1.82) is 0 Å². The molecular weight excluding hydrogens is 131 g/mol. The van der Waals surface area contributed by atoms with Crippen molar-refractivity contribution in [2.24, 2.45) is 0 Å². The number of pyridine rings is 1. The van der Waals surface area contributed by atoms with Gasteiger partial charge in [-0.05, 0) is 6.92 Å². The van der Waals surface area contributed by atoms with Crippen molar-refractivity contribution < 1.29 is 4.39 Å². The Morgan fingerprint density at radius 1 is 1.60 bits per heavy atom. The normalized spacial score (nSPS) is 9.50. The lowest BCUT2D eigenvalue weighted by Gasteiger charge is -1.99. The molecule has 54 valence electrons. The lowest BCUT2D eigenvalue weighted by atomic mass is 10.3. The number of halogens is 1. The molecule has 0 fully saturated rings. The summed E-state index contributed by atoms with van der Waals surface area (Å²) in [7, 11) is 1.73. The van der Waals surface area contributed by atoms with Crippen molar-refractivity contribution in [3.63, 3.8) is 0 Å². The van der Waals surface area contributed by atoms with Gasteiger partial charge in [0, 0.05) is 13.1 Å². The number of anilines is 1. The first-order valence-electron chi connectivity index (χ1n) is 3.04. The Labute approximate surface area is 59.1 Å². The number of aryl methyl sites for hydroxylation is 1. The third-order valence-corrected chi connectivity index (χ3v) is 1.31. The molecule has 0 saturated carbocycles. The predicted molar refractivity (Wildman–Crippen MR) is 38.5 cm³/mol. The van der Waals surface area contributed by atoms with Gasteiger partial charge in [-0.15, -0.1) is 0 Å². The van der Waals surface area contributed by atoms with Gasteiger partial charge in [-0.25, -0.2) is 4.39 Å². The van der Waals surface area contributed by atoms with Crippen LogP contribution in [0.15, 0.2) is 12.3 Å². The van der Waals surface area contributed by atoms with Gasteiger partial charge in [0.1, 0.15) is 5.82 Å². The Hall–Kier alpha value is -1.12.